The van der Waals surface area contributed by atoms with Gasteiger partial charge in [0.1, 0.15) is 5.75 Å². The van der Waals surface area contributed by atoms with E-state index in [9.17, 15) is 9.59 Å². The molecular weight excluding hydrogens is 418 g/mol. The molecule has 0 atom stereocenters. The van der Waals surface area contributed by atoms with E-state index in [4.69, 9.17) is 13.9 Å². The Morgan fingerprint density at radius 1 is 1.13 bits per heavy atom. The fourth-order valence-electron chi connectivity index (χ4n) is 2.54. The van der Waals surface area contributed by atoms with Gasteiger partial charge in [0.15, 0.2) is 6.61 Å². The highest BCUT2D eigenvalue weighted by Gasteiger charge is 2.13. The average Bonchev–Trinajstić information content (AvgIpc) is 3.19. The predicted molar refractivity (Wildman–Crippen MR) is 116 cm³/mol. The van der Waals surface area contributed by atoms with E-state index >= 15 is 0 Å². The zero-order valence-corrected chi connectivity index (χ0v) is 18.3. The van der Waals surface area contributed by atoms with E-state index in [1.54, 1.807) is 38.1 Å². The van der Waals surface area contributed by atoms with Gasteiger partial charge in [-0.1, -0.05) is 36.0 Å². The molecule has 0 saturated heterocycles. The monoisotopic (exact) mass is 441 g/mol. The van der Waals surface area contributed by atoms with Crippen LogP contribution in [0.4, 0.5) is 5.69 Å². The number of thioether (sulfide) groups is 1. The first kappa shape index (κ1) is 22.4. The molecule has 0 bridgehead atoms. The van der Waals surface area contributed by atoms with Crippen molar-refractivity contribution in [2.45, 2.75) is 38.7 Å². The van der Waals surface area contributed by atoms with Crippen LogP contribution in [0.15, 0.2) is 58.2 Å². The van der Waals surface area contributed by atoms with E-state index in [0.717, 1.165) is 23.1 Å². The van der Waals surface area contributed by atoms with E-state index in [-0.39, 0.29) is 29.6 Å². The Hall–Kier alpha value is -3.33. The second-order valence-corrected chi connectivity index (χ2v) is 7.81. The molecule has 0 aliphatic heterocycles. The average molecular weight is 442 g/mol. The van der Waals surface area contributed by atoms with Gasteiger partial charge in [0.2, 0.25) is 5.91 Å². The lowest BCUT2D eigenvalue weighted by Gasteiger charge is -2.09. The van der Waals surface area contributed by atoms with Crippen molar-refractivity contribution in [1.82, 2.24) is 10.2 Å². The fourth-order valence-corrected chi connectivity index (χ4v) is 3.12. The number of para-hydroxylation sites is 1. The smallest absolute Gasteiger partial charge is 0.338 e. The summed E-state index contributed by atoms with van der Waals surface area (Å²) in [5, 5.41) is 10.9. The van der Waals surface area contributed by atoms with Crippen LogP contribution in [-0.2, 0) is 16.1 Å². The third-order valence-corrected chi connectivity index (χ3v) is 4.76. The highest BCUT2D eigenvalue weighted by atomic mass is 32.2. The molecule has 3 rings (SSSR count). The standard InChI is InChI=1S/C22H23N3O5S/c1-14(2)29-21(27)16-8-6-9-17(11-16)23-19(26)13-31-22-25-24-20(30-22)12-28-18-10-5-4-7-15(18)3/h4-11,14H,12-13H2,1-3H3,(H,23,26). The number of hydrogen-bond donors (Lipinski definition) is 1. The van der Waals surface area contributed by atoms with Gasteiger partial charge in [0.25, 0.3) is 11.1 Å². The summed E-state index contributed by atoms with van der Waals surface area (Å²) in [6.07, 6.45) is -0.219. The Kier molecular flexibility index (Phi) is 7.66. The molecule has 0 unspecified atom stereocenters. The fraction of sp³-hybridized carbons (Fsp3) is 0.273. The number of benzene rings is 2. The maximum atomic E-state index is 12.2. The van der Waals surface area contributed by atoms with Crippen LogP contribution in [0.3, 0.4) is 0 Å². The summed E-state index contributed by atoms with van der Waals surface area (Å²) < 4.78 is 16.3. The molecule has 8 nitrogen and oxygen atoms in total. The number of amides is 1. The number of carbonyl (C=O) groups excluding carboxylic acids is 2. The van der Waals surface area contributed by atoms with Crippen molar-refractivity contribution in [3.05, 3.63) is 65.5 Å². The quantitative estimate of drug-likeness (QED) is 0.388. The van der Waals surface area contributed by atoms with Crippen LogP contribution in [0.2, 0.25) is 0 Å². The number of anilines is 1. The van der Waals surface area contributed by atoms with Crippen LogP contribution >= 0.6 is 11.8 Å². The van der Waals surface area contributed by atoms with Crippen molar-refractivity contribution < 1.29 is 23.5 Å². The third-order valence-electron chi connectivity index (χ3n) is 3.94. The molecule has 1 aromatic heterocycles. The number of carbonyl (C=O) groups is 2. The van der Waals surface area contributed by atoms with E-state index in [1.165, 1.54) is 0 Å². The van der Waals surface area contributed by atoms with Crippen LogP contribution in [0.1, 0.15) is 35.7 Å². The summed E-state index contributed by atoms with van der Waals surface area (Å²) in [6, 6.07) is 14.2. The van der Waals surface area contributed by atoms with Crippen molar-refractivity contribution in [3.63, 3.8) is 0 Å². The molecule has 0 aliphatic rings. The molecule has 0 aliphatic carbocycles. The van der Waals surface area contributed by atoms with Crippen LogP contribution in [0, 0.1) is 6.92 Å². The maximum absolute atomic E-state index is 12.2. The summed E-state index contributed by atoms with van der Waals surface area (Å²) in [4.78, 5) is 24.2. The molecule has 1 heterocycles. The van der Waals surface area contributed by atoms with Gasteiger partial charge in [0.05, 0.1) is 17.4 Å². The molecule has 31 heavy (non-hydrogen) atoms. The summed E-state index contributed by atoms with van der Waals surface area (Å²) in [6.45, 7) is 5.65. The zero-order valence-electron chi connectivity index (χ0n) is 17.5. The Morgan fingerprint density at radius 2 is 1.94 bits per heavy atom. The number of nitrogens with zero attached hydrogens (tertiary/aromatic N) is 2. The van der Waals surface area contributed by atoms with Gasteiger partial charge in [-0.25, -0.2) is 4.79 Å². The van der Waals surface area contributed by atoms with Gasteiger partial charge in [-0.15, -0.1) is 10.2 Å². The van der Waals surface area contributed by atoms with Gasteiger partial charge in [0, 0.05) is 5.69 Å². The summed E-state index contributed by atoms with van der Waals surface area (Å²) >= 11 is 1.11. The molecule has 0 spiro atoms. The Morgan fingerprint density at radius 3 is 2.71 bits per heavy atom. The highest BCUT2D eigenvalue weighted by Crippen LogP contribution is 2.20. The topological polar surface area (TPSA) is 104 Å². The molecular formula is C22H23N3O5S. The SMILES string of the molecule is Cc1ccccc1OCc1nnc(SCC(=O)Nc2cccc(C(=O)OC(C)C)c2)o1. The number of aromatic nitrogens is 2. The second kappa shape index (κ2) is 10.6. The van der Waals surface area contributed by atoms with Gasteiger partial charge in [-0.05, 0) is 50.6 Å². The van der Waals surface area contributed by atoms with Crippen molar-refractivity contribution in [3.8, 4) is 5.75 Å². The molecule has 0 radical (unpaired) electrons. The first-order chi connectivity index (χ1) is 14.9. The predicted octanol–water partition coefficient (Wildman–Crippen LogP) is 4.25. The second-order valence-electron chi connectivity index (χ2n) is 6.89. The van der Waals surface area contributed by atoms with Gasteiger partial charge in [-0.3, -0.25) is 4.79 Å². The summed E-state index contributed by atoms with van der Waals surface area (Å²) in [7, 11) is 0. The van der Waals surface area contributed by atoms with E-state index in [0.29, 0.717) is 17.1 Å². The Bertz CT molecular complexity index is 1050. The van der Waals surface area contributed by atoms with Crippen LogP contribution in [-0.4, -0.2) is 33.9 Å². The number of ether oxygens (including phenoxy) is 2. The summed E-state index contributed by atoms with van der Waals surface area (Å²) in [5.74, 6) is 0.430. The number of nitrogens with one attached hydrogen (secondary N) is 1. The molecule has 1 amide bonds. The van der Waals surface area contributed by atoms with E-state index in [2.05, 4.69) is 15.5 Å². The molecule has 9 heteroatoms. The molecule has 162 valence electrons. The van der Waals surface area contributed by atoms with Crippen LogP contribution in [0.5, 0.6) is 5.75 Å². The van der Waals surface area contributed by atoms with Gasteiger partial charge >= 0.3 is 5.97 Å². The Labute approximate surface area is 184 Å². The minimum atomic E-state index is -0.438. The van der Waals surface area contributed by atoms with Gasteiger partial charge < -0.3 is 19.2 Å². The third kappa shape index (κ3) is 6.85. The van der Waals surface area contributed by atoms with Crippen LogP contribution in [0.25, 0.3) is 0 Å². The van der Waals surface area contributed by atoms with Crippen molar-refractivity contribution in [1.29, 1.82) is 0 Å². The normalized spacial score (nSPS) is 10.7. The molecule has 3 aromatic rings. The van der Waals surface area contributed by atoms with Crippen molar-refractivity contribution in [2.24, 2.45) is 0 Å². The van der Waals surface area contributed by atoms with E-state index in [1.807, 2.05) is 31.2 Å². The number of aryl methyl sites for hydroxylation is 1. The maximum Gasteiger partial charge on any atom is 0.338 e. The molecule has 2 aromatic carbocycles. The first-order valence-electron chi connectivity index (χ1n) is 9.65. The highest BCUT2D eigenvalue weighted by molar-refractivity contribution is 7.99. The van der Waals surface area contributed by atoms with Crippen molar-refractivity contribution in [2.75, 3.05) is 11.1 Å². The van der Waals surface area contributed by atoms with E-state index < -0.39 is 5.97 Å². The number of rotatable bonds is 9. The zero-order chi connectivity index (χ0) is 22.2. The first-order valence-corrected chi connectivity index (χ1v) is 10.6. The minimum Gasteiger partial charge on any atom is -0.484 e. The van der Waals surface area contributed by atoms with Crippen LogP contribution < -0.4 is 10.1 Å². The molecule has 1 N–H and O–H groups in total. The van der Waals surface area contributed by atoms with Gasteiger partial charge in [-0.2, -0.15) is 0 Å². The lowest BCUT2D eigenvalue weighted by Crippen LogP contribution is -2.15. The lowest BCUT2D eigenvalue weighted by atomic mass is 10.2. The summed E-state index contributed by atoms with van der Waals surface area (Å²) in [5.41, 5.74) is 1.88. The largest absolute Gasteiger partial charge is 0.484 e. The molecule has 0 fully saturated rings. The Balaban J connectivity index is 1.48. The van der Waals surface area contributed by atoms with Crippen molar-refractivity contribution >= 4 is 29.3 Å². The number of hydrogen-bond acceptors (Lipinski definition) is 8. The lowest BCUT2D eigenvalue weighted by molar-refractivity contribution is -0.113. The molecule has 0 saturated carbocycles. The number of esters is 1. The minimum absolute atomic E-state index is 0.0704.